The molecule has 0 radical (unpaired) electrons. The standard InChI is InChI=1S/C6H9NO5/c1-4(6(11)12)7(3-8)2-5(9)10/h3-4H,2H2,1H3,(H,9,10)(H,11,12). The highest BCUT2D eigenvalue weighted by Crippen LogP contribution is 1.94. The Labute approximate surface area is 68.4 Å². The monoisotopic (exact) mass is 175 g/mol. The van der Waals surface area contributed by atoms with Gasteiger partial charge in [-0.05, 0) is 6.92 Å². The van der Waals surface area contributed by atoms with Gasteiger partial charge in [0.1, 0.15) is 12.6 Å². The highest BCUT2D eigenvalue weighted by molar-refractivity contribution is 5.79. The SMILES string of the molecule is CC(C(=O)O)N(C=O)CC(=O)O. The number of hydrogen-bond acceptors (Lipinski definition) is 3. The number of hydrogen-bond donors (Lipinski definition) is 2. The Morgan fingerprint density at radius 2 is 2.00 bits per heavy atom. The predicted octanol–water partition coefficient (Wildman–Crippen LogP) is -0.997. The van der Waals surface area contributed by atoms with Crippen LogP contribution in [0.2, 0.25) is 0 Å². The van der Waals surface area contributed by atoms with E-state index < -0.39 is 24.5 Å². The summed E-state index contributed by atoms with van der Waals surface area (Å²) in [6, 6.07) is -1.11. The van der Waals surface area contributed by atoms with Crippen LogP contribution in [0, 0.1) is 0 Å². The van der Waals surface area contributed by atoms with Gasteiger partial charge in [-0.2, -0.15) is 0 Å². The molecule has 1 atom stereocenters. The van der Waals surface area contributed by atoms with E-state index in [0.717, 1.165) is 0 Å². The van der Waals surface area contributed by atoms with Gasteiger partial charge >= 0.3 is 11.9 Å². The van der Waals surface area contributed by atoms with Crippen LogP contribution in [-0.4, -0.2) is 46.0 Å². The molecule has 0 bridgehead atoms. The molecule has 2 N–H and O–H groups in total. The van der Waals surface area contributed by atoms with Crippen molar-refractivity contribution in [3.05, 3.63) is 0 Å². The Kier molecular flexibility index (Phi) is 3.75. The largest absolute Gasteiger partial charge is 0.480 e. The summed E-state index contributed by atoms with van der Waals surface area (Å²) >= 11 is 0. The molecule has 0 aliphatic rings. The van der Waals surface area contributed by atoms with E-state index in [1.165, 1.54) is 6.92 Å². The molecule has 0 spiro atoms. The van der Waals surface area contributed by atoms with Gasteiger partial charge in [-0.1, -0.05) is 0 Å². The average molecular weight is 175 g/mol. The van der Waals surface area contributed by atoms with Gasteiger partial charge in [0.25, 0.3) is 0 Å². The second kappa shape index (κ2) is 4.32. The molecule has 6 heteroatoms. The number of nitrogens with zero attached hydrogens (tertiary/aromatic N) is 1. The molecule has 1 unspecified atom stereocenters. The quantitative estimate of drug-likeness (QED) is 0.522. The van der Waals surface area contributed by atoms with Gasteiger partial charge in [0.05, 0.1) is 0 Å². The number of aliphatic carboxylic acids is 2. The number of carboxylic acid groups (broad SMARTS) is 2. The van der Waals surface area contributed by atoms with Crippen LogP contribution < -0.4 is 0 Å². The highest BCUT2D eigenvalue weighted by atomic mass is 16.4. The smallest absolute Gasteiger partial charge is 0.326 e. The van der Waals surface area contributed by atoms with Gasteiger partial charge < -0.3 is 15.1 Å². The molecule has 0 fully saturated rings. The van der Waals surface area contributed by atoms with Crippen molar-refractivity contribution in [3.63, 3.8) is 0 Å². The van der Waals surface area contributed by atoms with Crippen LogP contribution in [0.25, 0.3) is 0 Å². The summed E-state index contributed by atoms with van der Waals surface area (Å²) < 4.78 is 0. The van der Waals surface area contributed by atoms with Crippen LogP contribution >= 0.6 is 0 Å². The van der Waals surface area contributed by atoms with E-state index in [2.05, 4.69) is 0 Å². The Bertz CT molecular complexity index is 202. The van der Waals surface area contributed by atoms with Crippen LogP contribution in [0.3, 0.4) is 0 Å². The zero-order valence-corrected chi connectivity index (χ0v) is 6.43. The van der Waals surface area contributed by atoms with Crippen molar-refractivity contribution in [2.75, 3.05) is 6.54 Å². The molecule has 68 valence electrons. The first-order valence-electron chi connectivity index (χ1n) is 3.14. The summed E-state index contributed by atoms with van der Waals surface area (Å²) in [6.07, 6.45) is 0.201. The third kappa shape index (κ3) is 3.00. The minimum atomic E-state index is -1.24. The van der Waals surface area contributed by atoms with Crippen molar-refractivity contribution in [1.29, 1.82) is 0 Å². The summed E-state index contributed by atoms with van der Waals surface area (Å²) in [4.78, 5) is 31.3. The van der Waals surface area contributed by atoms with Crippen molar-refractivity contribution in [2.45, 2.75) is 13.0 Å². The Morgan fingerprint density at radius 3 is 2.25 bits per heavy atom. The maximum atomic E-state index is 10.3. The fourth-order valence-corrected chi connectivity index (χ4v) is 0.564. The van der Waals surface area contributed by atoms with Crippen molar-refractivity contribution in [3.8, 4) is 0 Å². The molecule has 0 rings (SSSR count). The first kappa shape index (κ1) is 10.4. The van der Waals surface area contributed by atoms with Crippen LogP contribution in [0.4, 0.5) is 0 Å². The van der Waals surface area contributed by atoms with Crippen molar-refractivity contribution in [1.82, 2.24) is 4.90 Å². The van der Waals surface area contributed by atoms with Crippen molar-refractivity contribution in [2.24, 2.45) is 0 Å². The molecule has 0 aromatic heterocycles. The Hall–Kier alpha value is -1.59. The minimum Gasteiger partial charge on any atom is -0.480 e. The second-order valence-electron chi connectivity index (χ2n) is 2.19. The van der Waals surface area contributed by atoms with E-state index in [4.69, 9.17) is 10.2 Å². The summed E-state index contributed by atoms with van der Waals surface area (Å²) in [7, 11) is 0. The van der Waals surface area contributed by atoms with E-state index in [-0.39, 0.29) is 6.41 Å². The first-order chi connectivity index (χ1) is 5.49. The molecule has 12 heavy (non-hydrogen) atoms. The average Bonchev–Trinajstić information content (AvgIpc) is 1.98. The summed E-state index contributed by atoms with van der Waals surface area (Å²) in [6.45, 7) is 0.636. The maximum absolute atomic E-state index is 10.3. The Morgan fingerprint density at radius 1 is 1.50 bits per heavy atom. The fourth-order valence-electron chi connectivity index (χ4n) is 0.564. The topological polar surface area (TPSA) is 94.9 Å². The van der Waals surface area contributed by atoms with Crippen LogP contribution in [-0.2, 0) is 14.4 Å². The lowest BCUT2D eigenvalue weighted by atomic mass is 10.3. The van der Waals surface area contributed by atoms with Crippen LogP contribution in [0.15, 0.2) is 0 Å². The van der Waals surface area contributed by atoms with Gasteiger partial charge in [0, 0.05) is 0 Å². The van der Waals surface area contributed by atoms with E-state index in [1.807, 2.05) is 0 Å². The minimum absolute atomic E-state index is 0.201. The lowest BCUT2D eigenvalue weighted by Gasteiger charge is -2.18. The number of rotatable bonds is 5. The molecule has 0 saturated heterocycles. The van der Waals surface area contributed by atoms with E-state index in [1.54, 1.807) is 0 Å². The van der Waals surface area contributed by atoms with Gasteiger partial charge in [-0.3, -0.25) is 9.59 Å². The maximum Gasteiger partial charge on any atom is 0.326 e. The number of carbonyl (C=O) groups is 3. The number of carboxylic acids is 2. The van der Waals surface area contributed by atoms with Gasteiger partial charge in [0.2, 0.25) is 6.41 Å². The molecule has 6 nitrogen and oxygen atoms in total. The zero-order chi connectivity index (χ0) is 9.72. The molecule has 0 aromatic rings. The first-order valence-corrected chi connectivity index (χ1v) is 3.14. The van der Waals surface area contributed by atoms with E-state index in [0.29, 0.717) is 4.90 Å². The van der Waals surface area contributed by atoms with Crippen molar-refractivity contribution < 1.29 is 24.6 Å². The summed E-state index contributed by atoms with van der Waals surface area (Å²) in [5.74, 6) is -2.47. The fraction of sp³-hybridized carbons (Fsp3) is 0.500. The Balaban J connectivity index is 4.23. The number of amides is 1. The molecular formula is C6H9NO5. The summed E-state index contributed by atoms with van der Waals surface area (Å²) in [5.41, 5.74) is 0. The van der Waals surface area contributed by atoms with Crippen LogP contribution in [0.1, 0.15) is 6.92 Å². The third-order valence-electron chi connectivity index (χ3n) is 1.31. The molecule has 0 aromatic carbocycles. The van der Waals surface area contributed by atoms with Gasteiger partial charge in [-0.15, -0.1) is 0 Å². The third-order valence-corrected chi connectivity index (χ3v) is 1.31. The van der Waals surface area contributed by atoms with Gasteiger partial charge in [0.15, 0.2) is 0 Å². The lowest BCUT2D eigenvalue weighted by molar-refractivity contribution is -0.149. The number of carbonyl (C=O) groups excluding carboxylic acids is 1. The zero-order valence-electron chi connectivity index (χ0n) is 6.43. The normalized spacial score (nSPS) is 11.8. The predicted molar refractivity (Wildman–Crippen MR) is 37.5 cm³/mol. The molecule has 0 heterocycles. The highest BCUT2D eigenvalue weighted by Gasteiger charge is 2.20. The van der Waals surface area contributed by atoms with Crippen LogP contribution in [0.5, 0.6) is 0 Å². The van der Waals surface area contributed by atoms with E-state index >= 15 is 0 Å². The molecule has 1 amide bonds. The van der Waals surface area contributed by atoms with Gasteiger partial charge in [-0.25, -0.2) is 4.79 Å². The summed E-state index contributed by atoms with van der Waals surface area (Å²) in [5, 5.41) is 16.7. The molecule has 0 aliphatic carbocycles. The molecule has 0 aliphatic heterocycles. The second-order valence-corrected chi connectivity index (χ2v) is 2.19. The molecule has 0 saturated carbocycles. The molecular weight excluding hydrogens is 166 g/mol. The lowest BCUT2D eigenvalue weighted by Crippen LogP contribution is -2.41. The van der Waals surface area contributed by atoms with E-state index in [9.17, 15) is 14.4 Å². The van der Waals surface area contributed by atoms with Crippen molar-refractivity contribution >= 4 is 18.3 Å².